The number of fused-ring (bicyclic) bond motifs is 1. The molecular weight excluding hydrogens is 506 g/mol. The molecule has 1 atom stereocenters. The molecule has 0 radical (unpaired) electrons. The molecule has 37 heavy (non-hydrogen) atoms. The Labute approximate surface area is 226 Å². The second-order valence-corrected chi connectivity index (χ2v) is 12.1. The number of rotatable bonds is 8. The first-order chi connectivity index (χ1) is 17.7. The van der Waals surface area contributed by atoms with Crippen LogP contribution in [0.1, 0.15) is 50.1 Å². The average molecular weight is 540 g/mol. The van der Waals surface area contributed by atoms with E-state index in [0.29, 0.717) is 45.5 Å². The molecular formula is C27H33N5O3S2. The largest absolute Gasteiger partial charge is 0.493 e. The van der Waals surface area contributed by atoms with Gasteiger partial charge in [0.2, 0.25) is 5.91 Å². The van der Waals surface area contributed by atoms with E-state index in [1.54, 1.807) is 25.6 Å². The van der Waals surface area contributed by atoms with Crippen LogP contribution in [0.15, 0.2) is 23.4 Å². The Kier molecular flexibility index (Phi) is 8.14. The summed E-state index contributed by atoms with van der Waals surface area (Å²) in [4.78, 5) is 14.1. The SMILES string of the molecule is CCn1c(SCC(=O)Nc2sc3c(c2C#N)CCC(C(C)(C)C)C3)nnc1-c1ccc(OC)c(OC)c1. The van der Waals surface area contributed by atoms with Gasteiger partial charge in [-0.25, -0.2) is 0 Å². The van der Waals surface area contributed by atoms with Gasteiger partial charge in [-0.05, 0) is 61.3 Å². The summed E-state index contributed by atoms with van der Waals surface area (Å²) in [6.45, 7) is 9.47. The smallest absolute Gasteiger partial charge is 0.235 e. The van der Waals surface area contributed by atoms with Crippen LogP contribution in [0.25, 0.3) is 11.4 Å². The fraction of sp³-hybridized carbons (Fsp3) is 0.481. The zero-order valence-electron chi connectivity index (χ0n) is 22.2. The molecule has 1 unspecified atom stereocenters. The van der Waals surface area contributed by atoms with E-state index in [-0.39, 0.29) is 17.1 Å². The minimum Gasteiger partial charge on any atom is -0.493 e. The third-order valence-corrected chi connectivity index (χ3v) is 9.00. The number of hydrogen-bond acceptors (Lipinski definition) is 8. The fourth-order valence-electron chi connectivity index (χ4n) is 4.69. The zero-order chi connectivity index (χ0) is 26.7. The number of carbonyl (C=O) groups excluding carboxylic acids is 1. The van der Waals surface area contributed by atoms with Gasteiger partial charge >= 0.3 is 0 Å². The van der Waals surface area contributed by atoms with E-state index in [2.05, 4.69) is 42.4 Å². The number of amides is 1. The molecule has 0 saturated heterocycles. The van der Waals surface area contributed by atoms with Gasteiger partial charge < -0.3 is 19.4 Å². The molecule has 1 aromatic carbocycles. The Bertz CT molecular complexity index is 1330. The van der Waals surface area contributed by atoms with Gasteiger partial charge in [0.25, 0.3) is 0 Å². The summed E-state index contributed by atoms with van der Waals surface area (Å²) in [5.41, 5.74) is 2.80. The summed E-state index contributed by atoms with van der Waals surface area (Å²) < 4.78 is 12.7. The van der Waals surface area contributed by atoms with Crippen LogP contribution in [-0.4, -0.2) is 40.6 Å². The van der Waals surface area contributed by atoms with E-state index >= 15 is 0 Å². The molecule has 1 amide bonds. The zero-order valence-corrected chi connectivity index (χ0v) is 23.8. The highest BCUT2D eigenvalue weighted by Gasteiger charge is 2.32. The van der Waals surface area contributed by atoms with Crippen LogP contribution >= 0.6 is 23.1 Å². The topological polar surface area (TPSA) is 102 Å². The second-order valence-electron chi connectivity index (χ2n) is 10.1. The molecule has 0 fully saturated rings. The van der Waals surface area contributed by atoms with Crippen molar-refractivity contribution in [3.05, 3.63) is 34.2 Å². The number of anilines is 1. The molecule has 3 aromatic rings. The molecule has 2 heterocycles. The molecule has 2 aromatic heterocycles. The Morgan fingerprint density at radius 3 is 2.68 bits per heavy atom. The number of aromatic nitrogens is 3. The molecule has 1 aliphatic rings. The maximum absolute atomic E-state index is 12.9. The van der Waals surface area contributed by atoms with Crippen molar-refractivity contribution in [1.82, 2.24) is 14.8 Å². The van der Waals surface area contributed by atoms with Gasteiger partial charge in [0.1, 0.15) is 11.1 Å². The third kappa shape index (κ3) is 5.63. The highest BCUT2D eigenvalue weighted by Crippen LogP contribution is 2.44. The molecule has 196 valence electrons. The first kappa shape index (κ1) is 27.0. The number of benzene rings is 1. The lowest BCUT2D eigenvalue weighted by Crippen LogP contribution is -2.26. The Balaban J connectivity index is 1.47. The van der Waals surface area contributed by atoms with Crippen molar-refractivity contribution in [1.29, 1.82) is 5.26 Å². The van der Waals surface area contributed by atoms with Crippen LogP contribution < -0.4 is 14.8 Å². The van der Waals surface area contributed by atoms with Crippen LogP contribution in [0.2, 0.25) is 0 Å². The summed E-state index contributed by atoms with van der Waals surface area (Å²) in [6, 6.07) is 7.94. The molecule has 0 spiro atoms. The van der Waals surface area contributed by atoms with Gasteiger partial charge in [-0.1, -0.05) is 32.5 Å². The van der Waals surface area contributed by atoms with E-state index in [1.807, 2.05) is 29.7 Å². The molecule has 4 rings (SSSR count). The molecule has 1 aliphatic carbocycles. The number of carbonyl (C=O) groups is 1. The fourth-order valence-corrected chi connectivity index (χ4v) is 6.79. The summed E-state index contributed by atoms with van der Waals surface area (Å²) in [5.74, 6) is 2.52. The van der Waals surface area contributed by atoms with Gasteiger partial charge in [0.05, 0.1) is 25.5 Å². The van der Waals surface area contributed by atoms with Gasteiger partial charge in [-0.3, -0.25) is 4.79 Å². The molecule has 0 aliphatic heterocycles. The van der Waals surface area contributed by atoms with Crippen molar-refractivity contribution in [2.45, 2.75) is 58.7 Å². The van der Waals surface area contributed by atoms with Crippen molar-refractivity contribution in [3.8, 4) is 29.0 Å². The first-order valence-corrected chi connectivity index (χ1v) is 14.1. The number of ether oxygens (including phenoxy) is 2. The van der Waals surface area contributed by atoms with Crippen LogP contribution in [0.5, 0.6) is 11.5 Å². The monoisotopic (exact) mass is 539 g/mol. The Morgan fingerprint density at radius 1 is 1.27 bits per heavy atom. The molecule has 10 heteroatoms. The lowest BCUT2D eigenvalue weighted by Gasteiger charge is -2.33. The number of thiophene rings is 1. The first-order valence-electron chi connectivity index (χ1n) is 12.3. The standard InChI is InChI=1S/C27H33N5O3S2/c1-7-32-24(16-8-11-20(34-5)21(12-16)35-6)30-31-26(32)36-15-23(33)29-25-19(14-28)18-10-9-17(27(2,3)4)13-22(18)37-25/h8,11-12,17H,7,9-10,13,15H2,1-6H3,(H,29,33). The Hall–Kier alpha value is -3.03. The normalized spacial score (nSPS) is 15.1. The lowest BCUT2D eigenvalue weighted by molar-refractivity contribution is -0.113. The number of methoxy groups -OCH3 is 2. The van der Waals surface area contributed by atoms with Crippen LogP contribution in [0.4, 0.5) is 5.00 Å². The average Bonchev–Trinajstić information content (AvgIpc) is 3.46. The van der Waals surface area contributed by atoms with Gasteiger partial charge in [-0.15, -0.1) is 21.5 Å². The van der Waals surface area contributed by atoms with Crippen molar-refractivity contribution in [2.24, 2.45) is 11.3 Å². The summed E-state index contributed by atoms with van der Waals surface area (Å²) >= 11 is 2.88. The molecule has 8 nitrogen and oxygen atoms in total. The highest BCUT2D eigenvalue weighted by molar-refractivity contribution is 7.99. The molecule has 1 N–H and O–H groups in total. The van der Waals surface area contributed by atoms with Gasteiger partial charge in [0.15, 0.2) is 22.5 Å². The highest BCUT2D eigenvalue weighted by atomic mass is 32.2. The number of nitrogens with zero attached hydrogens (tertiary/aromatic N) is 4. The molecule has 0 saturated carbocycles. The van der Waals surface area contributed by atoms with Crippen LogP contribution in [0, 0.1) is 22.7 Å². The summed E-state index contributed by atoms with van der Waals surface area (Å²) in [7, 11) is 3.19. The van der Waals surface area contributed by atoms with Gasteiger partial charge in [-0.2, -0.15) is 5.26 Å². The van der Waals surface area contributed by atoms with E-state index in [9.17, 15) is 10.1 Å². The maximum Gasteiger partial charge on any atom is 0.235 e. The van der Waals surface area contributed by atoms with E-state index in [0.717, 1.165) is 30.4 Å². The summed E-state index contributed by atoms with van der Waals surface area (Å²) in [6.07, 6.45) is 2.92. The molecule has 0 bridgehead atoms. The van der Waals surface area contributed by atoms with Crippen molar-refractivity contribution in [2.75, 3.05) is 25.3 Å². The summed E-state index contributed by atoms with van der Waals surface area (Å²) in [5, 5.41) is 22.8. The van der Waals surface area contributed by atoms with Crippen LogP contribution in [0.3, 0.4) is 0 Å². The van der Waals surface area contributed by atoms with E-state index < -0.39 is 0 Å². The van der Waals surface area contributed by atoms with Crippen molar-refractivity contribution >= 4 is 34.0 Å². The lowest BCUT2D eigenvalue weighted by atomic mass is 9.72. The van der Waals surface area contributed by atoms with Crippen molar-refractivity contribution in [3.63, 3.8) is 0 Å². The predicted molar refractivity (Wildman–Crippen MR) is 148 cm³/mol. The number of nitrogens with one attached hydrogen (secondary N) is 1. The van der Waals surface area contributed by atoms with Crippen molar-refractivity contribution < 1.29 is 14.3 Å². The quantitative estimate of drug-likeness (QED) is 0.361. The van der Waals surface area contributed by atoms with Gasteiger partial charge in [0, 0.05) is 17.0 Å². The number of thioether (sulfide) groups is 1. The van der Waals surface area contributed by atoms with E-state index in [1.165, 1.54) is 16.6 Å². The second kappa shape index (κ2) is 11.2. The van der Waals surface area contributed by atoms with Crippen LogP contribution in [-0.2, 0) is 24.2 Å². The third-order valence-electron chi connectivity index (χ3n) is 6.86. The maximum atomic E-state index is 12.9. The minimum atomic E-state index is -0.161. The predicted octanol–water partition coefficient (Wildman–Crippen LogP) is 5.80. The van der Waals surface area contributed by atoms with E-state index in [4.69, 9.17) is 9.47 Å². The Morgan fingerprint density at radius 2 is 2.03 bits per heavy atom. The number of nitriles is 1. The minimum absolute atomic E-state index is 0.161. The number of hydrogen-bond donors (Lipinski definition) is 1.